The van der Waals surface area contributed by atoms with Crippen LogP contribution in [-0.4, -0.2) is 50.2 Å². The van der Waals surface area contributed by atoms with Crippen LogP contribution in [0.2, 0.25) is 5.02 Å². The van der Waals surface area contributed by atoms with Crippen LogP contribution in [-0.2, 0) is 0 Å². The standard InChI is InChI=1S/C14H20ClN3/c15-12-3-1-4-13(9-12)17-5-2-6-18(8-7-17)14-10-16-11-14/h1,3-4,9,14,16H,2,5-8,10-11H2. The van der Waals surface area contributed by atoms with Gasteiger partial charge in [0, 0.05) is 56.0 Å². The highest BCUT2D eigenvalue weighted by Gasteiger charge is 2.26. The van der Waals surface area contributed by atoms with Gasteiger partial charge in [-0.1, -0.05) is 17.7 Å². The van der Waals surface area contributed by atoms with E-state index in [0.717, 1.165) is 37.2 Å². The first-order valence-corrected chi connectivity index (χ1v) is 7.16. The molecule has 0 amide bonds. The van der Waals surface area contributed by atoms with E-state index in [0.29, 0.717) is 0 Å². The van der Waals surface area contributed by atoms with Crippen LogP contribution >= 0.6 is 11.6 Å². The second-order valence-electron chi connectivity index (χ2n) is 5.17. The molecule has 2 fully saturated rings. The van der Waals surface area contributed by atoms with Crippen molar-refractivity contribution in [1.82, 2.24) is 10.2 Å². The van der Waals surface area contributed by atoms with Gasteiger partial charge in [-0.05, 0) is 24.6 Å². The van der Waals surface area contributed by atoms with Crippen LogP contribution in [0.15, 0.2) is 24.3 Å². The van der Waals surface area contributed by atoms with Gasteiger partial charge in [0.25, 0.3) is 0 Å². The predicted molar refractivity (Wildman–Crippen MR) is 76.5 cm³/mol. The molecule has 1 aromatic carbocycles. The van der Waals surface area contributed by atoms with Crippen molar-refractivity contribution in [3.8, 4) is 0 Å². The Hall–Kier alpha value is -0.770. The van der Waals surface area contributed by atoms with Crippen molar-refractivity contribution in [2.24, 2.45) is 0 Å². The topological polar surface area (TPSA) is 18.5 Å². The number of nitrogens with one attached hydrogen (secondary N) is 1. The van der Waals surface area contributed by atoms with Crippen molar-refractivity contribution < 1.29 is 0 Å². The number of rotatable bonds is 2. The molecule has 2 saturated heterocycles. The zero-order valence-corrected chi connectivity index (χ0v) is 11.4. The Morgan fingerprint density at radius 3 is 2.72 bits per heavy atom. The van der Waals surface area contributed by atoms with Crippen molar-refractivity contribution in [2.45, 2.75) is 12.5 Å². The fourth-order valence-electron chi connectivity index (χ4n) is 2.77. The summed E-state index contributed by atoms with van der Waals surface area (Å²) < 4.78 is 0. The van der Waals surface area contributed by atoms with Gasteiger partial charge < -0.3 is 10.2 Å². The lowest BCUT2D eigenvalue weighted by Gasteiger charge is -2.37. The van der Waals surface area contributed by atoms with Crippen LogP contribution < -0.4 is 10.2 Å². The van der Waals surface area contributed by atoms with E-state index in [9.17, 15) is 0 Å². The van der Waals surface area contributed by atoms with E-state index in [4.69, 9.17) is 11.6 Å². The van der Waals surface area contributed by atoms with E-state index in [1.165, 1.54) is 25.2 Å². The zero-order chi connectivity index (χ0) is 12.4. The van der Waals surface area contributed by atoms with E-state index in [1.807, 2.05) is 12.1 Å². The molecule has 2 aliphatic rings. The lowest BCUT2D eigenvalue weighted by molar-refractivity contribution is 0.155. The first-order valence-electron chi connectivity index (χ1n) is 6.78. The molecule has 1 N–H and O–H groups in total. The highest BCUT2D eigenvalue weighted by Crippen LogP contribution is 2.21. The third kappa shape index (κ3) is 2.63. The highest BCUT2D eigenvalue weighted by molar-refractivity contribution is 6.30. The second kappa shape index (κ2) is 5.47. The minimum absolute atomic E-state index is 0.768. The molecule has 0 atom stereocenters. The van der Waals surface area contributed by atoms with Crippen LogP contribution in [0.5, 0.6) is 0 Å². The number of hydrogen-bond acceptors (Lipinski definition) is 3. The van der Waals surface area contributed by atoms with Gasteiger partial charge >= 0.3 is 0 Å². The van der Waals surface area contributed by atoms with E-state index < -0.39 is 0 Å². The Bertz CT molecular complexity index is 406. The van der Waals surface area contributed by atoms with Gasteiger partial charge in [0.15, 0.2) is 0 Å². The Kier molecular flexibility index (Phi) is 3.73. The minimum atomic E-state index is 0.768. The van der Waals surface area contributed by atoms with Gasteiger partial charge in [0.1, 0.15) is 0 Å². The molecule has 3 rings (SSSR count). The molecule has 0 bridgehead atoms. The minimum Gasteiger partial charge on any atom is -0.370 e. The van der Waals surface area contributed by atoms with Crippen molar-refractivity contribution in [2.75, 3.05) is 44.2 Å². The molecule has 0 spiro atoms. The van der Waals surface area contributed by atoms with Gasteiger partial charge in [0.05, 0.1) is 0 Å². The Labute approximate surface area is 114 Å². The maximum Gasteiger partial charge on any atom is 0.0426 e. The van der Waals surface area contributed by atoms with E-state index in [2.05, 4.69) is 27.2 Å². The SMILES string of the molecule is Clc1cccc(N2CCCN(C3CNC3)CC2)c1. The van der Waals surface area contributed by atoms with Gasteiger partial charge in [-0.3, -0.25) is 4.90 Å². The molecule has 98 valence electrons. The summed E-state index contributed by atoms with van der Waals surface area (Å²) in [6, 6.07) is 8.98. The summed E-state index contributed by atoms with van der Waals surface area (Å²) >= 11 is 6.07. The smallest absolute Gasteiger partial charge is 0.0426 e. The number of hydrogen-bond donors (Lipinski definition) is 1. The fourth-order valence-corrected chi connectivity index (χ4v) is 2.95. The molecule has 4 heteroatoms. The van der Waals surface area contributed by atoms with Crippen LogP contribution in [0, 0.1) is 0 Å². The lowest BCUT2D eigenvalue weighted by Crippen LogP contribution is -2.57. The van der Waals surface area contributed by atoms with Crippen molar-refractivity contribution in [3.05, 3.63) is 29.3 Å². The second-order valence-corrected chi connectivity index (χ2v) is 5.60. The Morgan fingerprint density at radius 1 is 1.11 bits per heavy atom. The summed E-state index contributed by atoms with van der Waals surface area (Å²) in [6.45, 7) is 6.96. The van der Waals surface area contributed by atoms with Crippen molar-refractivity contribution in [3.63, 3.8) is 0 Å². The number of halogens is 1. The summed E-state index contributed by atoms with van der Waals surface area (Å²) in [4.78, 5) is 5.08. The first-order chi connectivity index (χ1) is 8.83. The normalized spacial score (nSPS) is 22.6. The van der Waals surface area contributed by atoms with Gasteiger partial charge in [-0.15, -0.1) is 0 Å². The molecule has 3 nitrogen and oxygen atoms in total. The number of anilines is 1. The Morgan fingerprint density at radius 2 is 2.00 bits per heavy atom. The molecule has 0 aliphatic carbocycles. The largest absolute Gasteiger partial charge is 0.370 e. The average molecular weight is 266 g/mol. The maximum atomic E-state index is 6.07. The molecular formula is C14H20ClN3. The molecule has 18 heavy (non-hydrogen) atoms. The van der Waals surface area contributed by atoms with Crippen LogP contribution in [0.3, 0.4) is 0 Å². The van der Waals surface area contributed by atoms with E-state index in [-0.39, 0.29) is 0 Å². The maximum absolute atomic E-state index is 6.07. The third-order valence-corrected chi connectivity index (χ3v) is 4.22. The molecule has 1 aromatic rings. The van der Waals surface area contributed by atoms with E-state index >= 15 is 0 Å². The first kappa shape index (κ1) is 12.3. The fraction of sp³-hybridized carbons (Fsp3) is 0.571. The quantitative estimate of drug-likeness (QED) is 0.880. The molecule has 0 unspecified atom stereocenters. The van der Waals surface area contributed by atoms with Gasteiger partial charge in [0.2, 0.25) is 0 Å². The molecule has 0 radical (unpaired) electrons. The van der Waals surface area contributed by atoms with Crippen molar-refractivity contribution >= 4 is 17.3 Å². The van der Waals surface area contributed by atoms with E-state index in [1.54, 1.807) is 0 Å². The third-order valence-electron chi connectivity index (χ3n) is 3.98. The van der Waals surface area contributed by atoms with Crippen LogP contribution in [0.25, 0.3) is 0 Å². The Balaban J connectivity index is 1.64. The van der Waals surface area contributed by atoms with Crippen molar-refractivity contribution in [1.29, 1.82) is 0 Å². The number of benzene rings is 1. The molecule has 2 heterocycles. The lowest BCUT2D eigenvalue weighted by atomic mass is 10.1. The molecule has 0 aromatic heterocycles. The zero-order valence-electron chi connectivity index (χ0n) is 10.6. The summed E-state index contributed by atoms with van der Waals surface area (Å²) in [5, 5.41) is 4.19. The van der Waals surface area contributed by atoms with Gasteiger partial charge in [-0.25, -0.2) is 0 Å². The van der Waals surface area contributed by atoms with Gasteiger partial charge in [-0.2, -0.15) is 0 Å². The predicted octanol–water partition coefficient (Wildman–Crippen LogP) is 1.82. The van der Waals surface area contributed by atoms with Crippen LogP contribution in [0.1, 0.15) is 6.42 Å². The molecule has 2 aliphatic heterocycles. The summed E-state index contributed by atoms with van der Waals surface area (Å²) in [7, 11) is 0. The van der Waals surface area contributed by atoms with Crippen LogP contribution in [0.4, 0.5) is 5.69 Å². The summed E-state index contributed by atoms with van der Waals surface area (Å²) in [5.41, 5.74) is 1.26. The highest BCUT2D eigenvalue weighted by atomic mass is 35.5. The monoisotopic (exact) mass is 265 g/mol. The summed E-state index contributed by atoms with van der Waals surface area (Å²) in [5.74, 6) is 0. The molecule has 0 saturated carbocycles. The summed E-state index contributed by atoms with van der Waals surface area (Å²) in [6.07, 6.45) is 1.24. The average Bonchev–Trinajstić information content (AvgIpc) is 2.53. The number of nitrogens with zero attached hydrogens (tertiary/aromatic N) is 2. The molecular weight excluding hydrogens is 246 g/mol.